The van der Waals surface area contributed by atoms with Crippen LogP contribution in [0.15, 0.2) is 24.3 Å². The van der Waals surface area contributed by atoms with Crippen molar-refractivity contribution in [2.45, 2.75) is 39.2 Å². The molecule has 0 amide bonds. The lowest BCUT2D eigenvalue weighted by Crippen LogP contribution is -2.52. The van der Waals surface area contributed by atoms with Crippen LogP contribution in [-0.4, -0.2) is 79.7 Å². The van der Waals surface area contributed by atoms with Crippen LogP contribution >= 0.6 is 0 Å². The molecule has 2 saturated heterocycles. The quantitative estimate of drug-likeness (QED) is 0.705. The number of likely N-dealkylation sites (tertiary alicyclic amines) is 1. The van der Waals surface area contributed by atoms with Gasteiger partial charge >= 0.3 is 5.97 Å². The van der Waals surface area contributed by atoms with Crippen molar-refractivity contribution >= 4 is 22.7 Å². The number of aromatic nitrogens is 1. The Labute approximate surface area is 179 Å². The highest BCUT2D eigenvalue weighted by molar-refractivity contribution is 6.02. The molecule has 30 heavy (non-hydrogen) atoms. The van der Waals surface area contributed by atoms with E-state index < -0.39 is 0 Å². The number of aryl methyl sites for hydroxylation is 1. The predicted molar refractivity (Wildman–Crippen MR) is 121 cm³/mol. The van der Waals surface area contributed by atoms with Crippen molar-refractivity contribution in [2.75, 3.05) is 57.8 Å². The van der Waals surface area contributed by atoms with E-state index in [-0.39, 0.29) is 5.97 Å². The summed E-state index contributed by atoms with van der Waals surface area (Å²) in [4.78, 5) is 25.1. The van der Waals surface area contributed by atoms with Gasteiger partial charge < -0.3 is 14.5 Å². The predicted octanol–water partition coefficient (Wildman–Crippen LogP) is 3.33. The Morgan fingerprint density at radius 3 is 2.63 bits per heavy atom. The Kier molecular flexibility index (Phi) is 6.54. The number of anilines is 1. The fraction of sp³-hybridized carbons (Fsp3) is 0.583. The molecule has 6 nitrogen and oxygen atoms in total. The maximum absolute atomic E-state index is 12.8. The minimum absolute atomic E-state index is 0.269. The molecule has 1 atom stereocenters. The number of hydrogen-bond donors (Lipinski definition) is 0. The van der Waals surface area contributed by atoms with Crippen LogP contribution in [0.5, 0.6) is 0 Å². The average Bonchev–Trinajstić information content (AvgIpc) is 2.76. The van der Waals surface area contributed by atoms with Gasteiger partial charge in [-0.05, 0) is 51.9 Å². The van der Waals surface area contributed by atoms with Crippen LogP contribution in [0.4, 0.5) is 5.82 Å². The fourth-order valence-corrected chi connectivity index (χ4v) is 4.85. The number of ether oxygens (including phenoxy) is 1. The smallest absolute Gasteiger partial charge is 0.342 e. The van der Waals surface area contributed by atoms with Gasteiger partial charge in [0.25, 0.3) is 0 Å². The summed E-state index contributed by atoms with van der Waals surface area (Å²) in [6, 6.07) is 8.72. The highest BCUT2D eigenvalue weighted by Crippen LogP contribution is 2.30. The number of benzene rings is 1. The third-order valence-electron chi connectivity index (χ3n) is 6.67. The third-order valence-corrected chi connectivity index (χ3v) is 6.67. The van der Waals surface area contributed by atoms with Crippen molar-refractivity contribution in [1.82, 2.24) is 14.8 Å². The summed E-state index contributed by atoms with van der Waals surface area (Å²) in [5.74, 6) is 0.508. The first-order valence-corrected chi connectivity index (χ1v) is 11.3. The van der Waals surface area contributed by atoms with Crippen molar-refractivity contribution in [1.29, 1.82) is 0 Å². The van der Waals surface area contributed by atoms with E-state index in [1.165, 1.54) is 25.8 Å². The van der Waals surface area contributed by atoms with Gasteiger partial charge in [-0.2, -0.15) is 0 Å². The first kappa shape index (κ1) is 21.1. The molecular weight excluding hydrogens is 376 g/mol. The molecule has 0 spiro atoms. The highest BCUT2D eigenvalue weighted by Gasteiger charge is 2.28. The number of rotatable bonds is 5. The summed E-state index contributed by atoms with van der Waals surface area (Å²) in [7, 11) is 2.26. The zero-order chi connectivity index (χ0) is 21.1. The number of carbonyl (C=O) groups is 1. The van der Waals surface area contributed by atoms with Crippen LogP contribution in [-0.2, 0) is 4.74 Å². The Bertz CT molecular complexity index is 892. The molecule has 162 valence electrons. The molecule has 0 bridgehead atoms. The lowest BCUT2D eigenvalue weighted by atomic mass is 10.0. The van der Waals surface area contributed by atoms with Crippen molar-refractivity contribution in [2.24, 2.45) is 0 Å². The lowest BCUT2D eigenvalue weighted by molar-refractivity contribution is 0.0526. The van der Waals surface area contributed by atoms with Crippen LogP contribution in [0, 0.1) is 6.92 Å². The van der Waals surface area contributed by atoms with Gasteiger partial charge in [-0.15, -0.1) is 0 Å². The van der Waals surface area contributed by atoms with E-state index >= 15 is 0 Å². The van der Waals surface area contributed by atoms with E-state index in [0.29, 0.717) is 18.2 Å². The third kappa shape index (κ3) is 4.30. The molecule has 0 N–H and O–H groups in total. The van der Waals surface area contributed by atoms with E-state index in [2.05, 4.69) is 21.7 Å². The summed E-state index contributed by atoms with van der Waals surface area (Å²) in [5.41, 5.74) is 2.51. The van der Waals surface area contributed by atoms with Gasteiger partial charge in [-0.1, -0.05) is 24.6 Å². The normalized spacial score (nSPS) is 21.2. The largest absolute Gasteiger partial charge is 0.462 e. The van der Waals surface area contributed by atoms with E-state index in [9.17, 15) is 4.79 Å². The van der Waals surface area contributed by atoms with Crippen LogP contribution in [0.2, 0.25) is 0 Å². The molecule has 0 saturated carbocycles. The molecule has 4 rings (SSSR count). The van der Waals surface area contributed by atoms with Gasteiger partial charge in [0.2, 0.25) is 0 Å². The van der Waals surface area contributed by atoms with Crippen molar-refractivity contribution < 1.29 is 9.53 Å². The summed E-state index contributed by atoms with van der Waals surface area (Å²) in [6.07, 6.45) is 3.97. The molecule has 0 unspecified atom stereocenters. The van der Waals surface area contributed by atoms with Crippen LogP contribution < -0.4 is 4.90 Å². The molecule has 2 aliphatic rings. The van der Waals surface area contributed by atoms with Gasteiger partial charge in [0, 0.05) is 44.2 Å². The number of fused-ring (bicyclic) bond motifs is 1. The fourth-order valence-electron chi connectivity index (χ4n) is 4.85. The van der Waals surface area contributed by atoms with Crippen molar-refractivity contribution in [3.63, 3.8) is 0 Å². The number of likely N-dealkylation sites (N-methyl/N-ethyl adjacent to an activating group) is 1. The molecule has 2 aliphatic heterocycles. The van der Waals surface area contributed by atoms with Crippen molar-refractivity contribution in [3.8, 4) is 0 Å². The van der Waals surface area contributed by atoms with Crippen LogP contribution in [0.3, 0.4) is 0 Å². The number of carbonyl (C=O) groups excluding carboxylic acids is 1. The van der Waals surface area contributed by atoms with Gasteiger partial charge in [-0.3, -0.25) is 4.90 Å². The Hall–Kier alpha value is -2.18. The number of hydrogen-bond acceptors (Lipinski definition) is 6. The van der Waals surface area contributed by atoms with E-state index in [4.69, 9.17) is 9.72 Å². The number of para-hydroxylation sites is 1. The van der Waals surface area contributed by atoms with Gasteiger partial charge in [-0.25, -0.2) is 9.78 Å². The Balaban J connectivity index is 1.54. The molecule has 1 aromatic carbocycles. The zero-order valence-corrected chi connectivity index (χ0v) is 18.6. The topological polar surface area (TPSA) is 48.9 Å². The van der Waals surface area contributed by atoms with E-state index in [1.54, 1.807) is 0 Å². The summed E-state index contributed by atoms with van der Waals surface area (Å²) >= 11 is 0. The lowest BCUT2D eigenvalue weighted by Gasteiger charge is -2.40. The molecule has 2 aromatic rings. The molecule has 0 aliphatic carbocycles. The first-order valence-electron chi connectivity index (χ1n) is 11.3. The zero-order valence-electron chi connectivity index (χ0n) is 18.6. The van der Waals surface area contributed by atoms with Gasteiger partial charge in [0.15, 0.2) is 0 Å². The maximum atomic E-state index is 12.8. The second-order valence-corrected chi connectivity index (χ2v) is 8.59. The van der Waals surface area contributed by atoms with Crippen molar-refractivity contribution in [3.05, 3.63) is 35.4 Å². The Morgan fingerprint density at radius 2 is 1.90 bits per heavy atom. The minimum atomic E-state index is -0.269. The SMILES string of the molecule is CCOC(=O)c1c(N2CCN(C[C@H]3CCCCN3C)CC2)nc2ccccc2c1C. The number of esters is 1. The second kappa shape index (κ2) is 9.31. The summed E-state index contributed by atoms with van der Waals surface area (Å²) in [6.45, 7) is 10.3. The molecule has 1 aromatic heterocycles. The van der Waals surface area contributed by atoms with E-state index in [1.807, 2.05) is 38.1 Å². The average molecular weight is 411 g/mol. The standard InChI is InChI=1S/C24H34N4O2/c1-4-30-24(29)22-18(2)20-10-5-6-11-21(20)25-23(22)28-15-13-27(14-16-28)17-19-9-7-8-12-26(19)3/h5-6,10-11,19H,4,7-9,12-17H2,1-3H3/t19-/m1/s1. The second-order valence-electron chi connectivity index (χ2n) is 8.59. The monoisotopic (exact) mass is 410 g/mol. The minimum Gasteiger partial charge on any atom is -0.462 e. The molecular formula is C24H34N4O2. The molecule has 2 fully saturated rings. The number of nitrogens with zero attached hydrogens (tertiary/aromatic N) is 4. The van der Waals surface area contributed by atoms with E-state index in [0.717, 1.165) is 55.0 Å². The van der Waals surface area contributed by atoms with Crippen LogP contribution in [0.25, 0.3) is 10.9 Å². The summed E-state index contributed by atoms with van der Waals surface area (Å²) < 4.78 is 5.40. The number of piperazine rings is 1. The van der Waals surface area contributed by atoms with Crippen LogP contribution in [0.1, 0.15) is 42.1 Å². The highest BCUT2D eigenvalue weighted by atomic mass is 16.5. The molecule has 6 heteroatoms. The maximum Gasteiger partial charge on any atom is 0.342 e. The number of pyridine rings is 1. The van der Waals surface area contributed by atoms with Gasteiger partial charge in [0.1, 0.15) is 11.4 Å². The van der Waals surface area contributed by atoms with Gasteiger partial charge in [0.05, 0.1) is 12.1 Å². The molecule has 0 radical (unpaired) electrons. The molecule has 3 heterocycles. The first-order chi connectivity index (χ1) is 14.6. The summed E-state index contributed by atoms with van der Waals surface area (Å²) in [5, 5.41) is 1.02. The number of piperidine rings is 1. The Morgan fingerprint density at radius 1 is 1.13 bits per heavy atom.